The van der Waals surface area contributed by atoms with E-state index in [1.807, 2.05) is 17.0 Å². The summed E-state index contributed by atoms with van der Waals surface area (Å²) < 4.78 is 41.0. The normalized spacial score (nSPS) is 20.8. The van der Waals surface area contributed by atoms with Crippen LogP contribution in [0.2, 0.25) is 0 Å². The summed E-state index contributed by atoms with van der Waals surface area (Å²) in [6.07, 6.45) is 7.95. The summed E-state index contributed by atoms with van der Waals surface area (Å²) in [7, 11) is -4.06. The molecule has 4 aliphatic heterocycles. The molecule has 2 aromatic heterocycles. The Bertz CT molecular complexity index is 2350. The number of rotatable bonds is 11. The Hall–Kier alpha value is -4.84. The van der Waals surface area contributed by atoms with Crippen LogP contribution in [0.3, 0.4) is 0 Å². The average molecular weight is 872 g/mol. The van der Waals surface area contributed by atoms with Gasteiger partial charge in [0.25, 0.3) is 0 Å². The van der Waals surface area contributed by atoms with Gasteiger partial charge in [0.1, 0.15) is 11.1 Å². The molecular formula is C44H54FN9O5S2. The Labute approximate surface area is 360 Å². The molecule has 5 N–H and O–H groups in total. The fraction of sp³-hybridized carbons (Fsp3) is 0.500. The maximum atomic E-state index is 16.3. The summed E-state index contributed by atoms with van der Waals surface area (Å²) in [6, 6.07) is 14.6. The van der Waals surface area contributed by atoms with Gasteiger partial charge in [0.15, 0.2) is 0 Å². The maximum absolute atomic E-state index is 16.3. The fourth-order valence-electron chi connectivity index (χ4n) is 9.61. The number of aromatic nitrogens is 3. The van der Waals surface area contributed by atoms with Crippen LogP contribution in [-0.4, -0.2) is 96.7 Å². The van der Waals surface area contributed by atoms with Crippen LogP contribution >= 0.6 is 11.3 Å². The van der Waals surface area contributed by atoms with E-state index in [4.69, 9.17) is 15.9 Å². The van der Waals surface area contributed by atoms with Crippen molar-refractivity contribution in [2.45, 2.75) is 81.8 Å². The highest BCUT2D eigenvalue weighted by molar-refractivity contribution is 7.89. The number of thiazole rings is 1. The molecule has 0 saturated carbocycles. The third-order valence-electron chi connectivity index (χ3n) is 13.1. The number of nitrogens with one attached hydrogen (secondary N) is 1. The monoisotopic (exact) mass is 871 g/mol. The van der Waals surface area contributed by atoms with Crippen molar-refractivity contribution in [3.05, 3.63) is 76.7 Å². The molecule has 2 unspecified atom stereocenters. The summed E-state index contributed by atoms with van der Waals surface area (Å²) in [5.41, 5.74) is 9.08. The van der Waals surface area contributed by atoms with Gasteiger partial charge in [-0.25, -0.2) is 32.9 Å². The number of benzene rings is 2. The molecule has 4 aliphatic rings. The molecule has 0 bridgehead atoms. The van der Waals surface area contributed by atoms with E-state index < -0.39 is 21.1 Å². The highest BCUT2D eigenvalue weighted by Gasteiger charge is 2.35. The van der Waals surface area contributed by atoms with Gasteiger partial charge in [0.05, 0.1) is 27.2 Å². The highest BCUT2D eigenvalue weighted by atomic mass is 32.2. The Balaban J connectivity index is 0.838. The van der Waals surface area contributed by atoms with E-state index in [1.165, 1.54) is 23.6 Å². The first kappa shape index (κ1) is 42.8. The molecule has 4 aromatic rings. The topological polar surface area (TPSA) is 198 Å². The first-order valence-electron chi connectivity index (χ1n) is 21.5. The molecule has 4 fully saturated rings. The van der Waals surface area contributed by atoms with Gasteiger partial charge >= 0.3 is 0 Å². The quantitative estimate of drug-likeness (QED) is 0.159. The zero-order valence-electron chi connectivity index (χ0n) is 34.5. The second-order valence-corrected chi connectivity index (χ2v) is 19.7. The van der Waals surface area contributed by atoms with Crippen molar-refractivity contribution in [1.29, 1.82) is 0 Å². The molecule has 324 valence electrons. The number of amides is 3. The number of hydrogen-bond acceptors (Lipinski definition) is 12. The molecule has 2 atom stereocenters. The summed E-state index contributed by atoms with van der Waals surface area (Å²) in [5.74, 6) is -0.393. The van der Waals surface area contributed by atoms with Crippen molar-refractivity contribution < 1.29 is 27.2 Å². The largest absolute Gasteiger partial charge is 0.372 e. The summed E-state index contributed by atoms with van der Waals surface area (Å²) >= 11 is 1.41. The van der Waals surface area contributed by atoms with Gasteiger partial charge in [-0.2, -0.15) is 0 Å². The Kier molecular flexibility index (Phi) is 12.8. The SMILES string of the molecule is CCC(c1cccc(-c2nc(C3CCN(C(=O)C4CCN(CC5CCN(c6ccc(C7CCC(=O)NC7=O)cc6)CC5)CC4)CC3)sc2-c2ccnc(N)n2)c1F)S(N)(=O)=O. The molecule has 0 aliphatic carbocycles. The maximum Gasteiger partial charge on any atom is 0.234 e. The van der Waals surface area contributed by atoms with Gasteiger partial charge in [-0.1, -0.05) is 31.2 Å². The molecule has 8 rings (SSSR count). The second-order valence-electron chi connectivity index (χ2n) is 16.9. The number of nitrogens with two attached hydrogens (primary N) is 2. The molecule has 6 heterocycles. The van der Waals surface area contributed by atoms with Crippen LogP contribution in [0.25, 0.3) is 21.8 Å². The van der Waals surface area contributed by atoms with E-state index in [-0.39, 0.29) is 59.0 Å². The van der Waals surface area contributed by atoms with Crippen LogP contribution in [-0.2, 0) is 24.4 Å². The lowest BCUT2D eigenvalue weighted by Gasteiger charge is -2.39. The predicted molar refractivity (Wildman–Crippen MR) is 233 cm³/mol. The van der Waals surface area contributed by atoms with Crippen LogP contribution < -0.4 is 21.1 Å². The first-order chi connectivity index (χ1) is 29.4. The standard InChI is InChI=1S/C44H54FN9O5S2/c1-2-36(61(47,58)59)33-4-3-5-34(38(33)45)39-40(35-12-19-48-44(46)49-35)60-42(51-39)29-17-24-54(25-18-29)43(57)30-15-20-52(21-16-30)26-27-13-22-53(23-14-27)31-8-6-28(7-9-31)32-10-11-37(55)50-41(32)56/h3-9,12,19,27,29-30,32,36H,2,10-11,13-18,20-26H2,1H3,(H2,46,48,49)(H2,47,58,59)(H,50,55,56). The molecule has 4 saturated heterocycles. The number of nitrogen functional groups attached to an aromatic ring is 1. The van der Waals surface area contributed by atoms with E-state index in [1.54, 1.807) is 25.1 Å². The van der Waals surface area contributed by atoms with Crippen LogP contribution in [0.5, 0.6) is 0 Å². The lowest BCUT2D eigenvalue weighted by molar-refractivity contribution is -0.138. The van der Waals surface area contributed by atoms with E-state index in [0.29, 0.717) is 48.1 Å². The lowest BCUT2D eigenvalue weighted by atomic mass is 9.90. The summed E-state index contributed by atoms with van der Waals surface area (Å²) in [5, 5.41) is 7.56. The number of carbonyl (C=O) groups is 3. The van der Waals surface area contributed by atoms with Gasteiger partial charge < -0.3 is 20.4 Å². The van der Waals surface area contributed by atoms with Crippen LogP contribution in [0.1, 0.15) is 97.9 Å². The third-order valence-corrected chi connectivity index (χ3v) is 15.7. The van der Waals surface area contributed by atoms with Crippen LogP contribution in [0, 0.1) is 17.7 Å². The molecule has 2 aromatic carbocycles. The number of likely N-dealkylation sites (tertiary alicyclic amines) is 2. The summed E-state index contributed by atoms with van der Waals surface area (Å²) in [6.45, 7) is 7.73. The van der Waals surface area contributed by atoms with Gasteiger partial charge in [-0.05, 0) is 100 Å². The first-order valence-corrected chi connectivity index (χ1v) is 23.9. The highest BCUT2D eigenvalue weighted by Crippen LogP contribution is 2.43. The Morgan fingerprint density at radius 3 is 2.31 bits per heavy atom. The number of halogens is 1. The molecule has 61 heavy (non-hydrogen) atoms. The van der Waals surface area contributed by atoms with Crippen molar-refractivity contribution in [2.75, 3.05) is 56.4 Å². The van der Waals surface area contributed by atoms with E-state index in [9.17, 15) is 22.8 Å². The molecular weight excluding hydrogens is 818 g/mol. The number of piperidine rings is 4. The summed E-state index contributed by atoms with van der Waals surface area (Å²) in [4.78, 5) is 58.7. The number of imide groups is 1. The Morgan fingerprint density at radius 2 is 1.66 bits per heavy atom. The van der Waals surface area contributed by atoms with Crippen molar-refractivity contribution in [3.8, 4) is 21.8 Å². The molecule has 0 radical (unpaired) electrons. The molecule has 0 spiro atoms. The number of carbonyl (C=O) groups excluding carboxylic acids is 3. The van der Waals surface area contributed by atoms with Crippen molar-refractivity contribution in [3.63, 3.8) is 0 Å². The molecule has 14 nitrogen and oxygen atoms in total. The van der Waals surface area contributed by atoms with Gasteiger partial charge in [-0.3, -0.25) is 19.7 Å². The fourth-order valence-corrected chi connectivity index (χ4v) is 11.8. The van der Waals surface area contributed by atoms with E-state index in [0.717, 1.165) is 87.5 Å². The predicted octanol–water partition coefficient (Wildman–Crippen LogP) is 5.58. The number of sulfonamides is 1. The van der Waals surface area contributed by atoms with E-state index in [2.05, 4.69) is 37.2 Å². The number of primary sulfonamides is 1. The zero-order valence-corrected chi connectivity index (χ0v) is 36.1. The van der Waals surface area contributed by atoms with Crippen LogP contribution in [0.15, 0.2) is 54.7 Å². The molecule has 17 heteroatoms. The number of hydrogen-bond donors (Lipinski definition) is 3. The number of nitrogens with zero attached hydrogens (tertiary/aromatic N) is 6. The minimum Gasteiger partial charge on any atom is -0.372 e. The van der Waals surface area contributed by atoms with Gasteiger partial charge in [0.2, 0.25) is 33.7 Å². The lowest BCUT2D eigenvalue weighted by Crippen LogP contribution is -2.46. The van der Waals surface area contributed by atoms with Crippen molar-refractivity contribution in [2.24, 2.45) is 17.0 Å². The smallest absolute Gasteiger partial charge is 0.234 e. The Morgan fingerprint density at radius 1 is 0.934 bits per heavy atom. The number of anilines is 2. The third kappa shape index (κ3) is 9.49. The second kappa shape index (κ2) is 18.2. The van der Waals surface area contributed by atoms with E-state index >= 15 is 4.39 Å². The average Bonchev–Trinajstić information content (AvgIpc) is 3.70. The van der Waals surface area contributed by atoms with Gasteiger partial charge in [-0.15, -0.1) is 11.3 Å². The van der Waals surface area contributed by atoms with Crippen molar-refractivity contribution in [1.82, 2.24) is 30.1 Å². The van der Waals surface area contributed by atoms with Crippen molar-refractivity contribution >= 4 is 50.7 Å². The zero-order chi connectivity index (χ0) is 42.8. The minimum atomic E-state index is -4.06. The molecule has 3 amide bonds. The van der Waals surface area contributed by atoms with Gasteiger partial charge in [0, 0.05) is 74.0 Å². The minimum absolute atomic E-state index is 0.00209. The van der Waals surface area contributed by atoms with Crippen LogP contribution in [0.4, 0.5) is 16.0 Å².